The van der Waals surface area contributed by atoms with E-state index < -0.39 is 11.8 Å². The van der Waals surface area contributed by atoms with E-state index in [2.05, 4.69) is 27.4 Å². The van der Waals surface area contributed by atoms with Gasteiger partial charge in [0.15, 0.2) is 5.69 Å². The van der Waals surface area contributed by atoms with E-state index in [1.165, 1.54) is 17.3 Å². The van der Waals surface area contributed by atoms with Crippen molar-refractivity contribution in [3.8, 4) is 5.69 Å². The van der Waals surface area contributed by atoms with Crippen LogP contribution in [0.4, 0.5) is 5.69 Å². The monoisotopic (exact) mass is 508 g/mol. The fraction of sp³-hybridized carbons (Fsp3) is 0.308. The van der Waals surface area contributed by atoms with Gasteiger partial charge in [0.1, 0.15) is 12.0 Å². The van der Waals surface area contributed by atoms with Gasteiger partial charge in [-0.05, 0) is 69.3 Å². The van der Waals surface area contributed by atoms with Crippen LogP contribution in [-0.4, -0.2) is 57.8 Å². The SMILES string of the molecule is CC(CNC(=O)c1c(C(N)=O)ncn1-c1ccc(NC(=O)c2ccccc2Cl)cc1)N1CCCCC1. The Balaban J connectivity index is 1.50. The van der Waals surface area contributed by atoms with Crippen molar-refractivity contribution in [2.24, 2.45) is 5.73 Å². The quantitative estimate of drug-likeness (QED) is 0.430. The molecule has 1 atom stereocenters. The number of carbonyl (C=O) groups excluding carboxylic acids is 3. The van der Waals surface area contributed by atoms with Crippen LogP contribution in [0.2, 0.25) is 5.02 Å². The summed E-state index contributed by atoms with van der Waals surface area (Å²) >= 11 is 6.11. The van der Waals surface area contributed by atoms with Crippen LogP contribution in [0.25, 0.3) is 5.69 Å². The lowest BCUT2D eigenvalue weighted by atomic mass is 10.1. The number of rotatable bonds is 8. The van der Waals surface area contributed by atoms with Crippen LogP contribution in [-0.2, 0) is 0 Å². The molecule has 0 bridgehead atoms. The first-order chi connectivity index (χ1) is 17.3. The lowest BCUT2D eigenvalue weighted by molar-refractivity contribution is 0.0909. The molecule has 1 saturated heterocycles. The summed E-state index contributed by atoms with van der Waals surface area (Å²) in [5.41, 5.74) is 6.96. The number of hydrogen-bond acceptors (Lipinski definition) is 5. The van der Waals surface area contributed by atoms with Crippen molar-refractivity contribution in [3.05, 3.63) is 76.8 Å². The van der Waals surface area contributed by atoms with Gasteiger partial charge in [-0.3, -0.25) is 23.9 Å². The first-order valence-corrected chi connectivity index (χ1v) is 12.3. The van der Waals surface area contributed by atoms with E-state index in [9.17, 15) is 14.4 Å². The molecule has 10 heteroatoms. The number of anilines is 1. The van der Waals surface area contributed by atoms with Gasteiger partial charge in [0.2, 0.25) is 0 Å². The Morgan fingerprint density at radius 3 is 2.39 bits per heavy atom. The van der Waals surface area contributed by atoms with Crippen molar-refractivity contribution >= 4 is 35.0 Å². The standard InChI is InChI=1S/C26H29ClN6O3/c1-17(32-13-5-2-6-14-32)15-29-26(36)23-22(24(28)34)30-16-33(23)19-11-9-18(10-12-19)31-25(35)20-7-3-4-8-21(20)27/h3-4,7-12,16-17H,2,5-6,13-15H2,1H3,(H2,28,34)(H,29,36)(H,31,35). The number of amides is 3. The molecule has 4 N–H and O–H groups in total. The Hall–Kier alpha value is -3.69. The zero-order valence-corrected chi connectivity index (χ0v) is 20.8. The van der Waals surface area contributed by atoms with Gasteiger partial charge in [0.05, 0.1) is 10.6 Å². The first kappa shape index (κ1) is 25.4. The van der Waals surface area contributed by atoms with E-state index in [0.717, 1.165) is 25.9 Å². The Morgan fingerprint density at radius 1 is 1.03 bits per heavy atom. The number of nitrogens with zero attached hydrogens (tertiary/aromatic N) is 3. The molecule has 0 radical (unpaired) electrons. The number of hydrogen-bond donors (Lipinski definition) is 3. The lowest BCUT2D eigenvalue weighted by Crippen LogP contribution is -2.44. The molecule has 3 aromatic rings. The molecule has 1 aromatic heterocycles. The van der Waals surface area contributed by atoms with Crippen LogP contribution < -0.4 is 16.4 Å². The predicted octanol–water partition coefficient (Wildman–Crippen LogP) is 3.48. The zero-order chi connectivity index (χ0) is 25.7. The highest BCUT2D eigenvalue weighted by Gasteiger charge is 2.24. The minimum atomic E-state index is -0.786. The number of nitrogens with two attached hydrogens (primary N) is 1. The molecule has 0 aliphatic carbocycles. The number of piperidine rings is 1. The van der Waals surface area contributed by atoms with Gasteiger partial charge in [-0.25, -0.2) is 4.98 Å². The van der Waals surface area contributed by atoms with Crippen molar-refractivity contribution in [3.63, 3.8) is 0 Å². The third-order valence-electron chi connectivity index (χ3n) is 6.31. The van der Waals surface area contributed by atoms with Gasteiger partial charge in [-0.2, -0.15) is 0 Å². The number of primary amides is 1. The van der Waals surface area contributed by atoms with E-state index in [1.807, 2.05) is 0 Å². The summed E-state index contributed by atoms with van der Waals surface area (Å²) in [7, 11) is 0. The van der Waals surface area contributed by atoms with Crippen LogP contribution in [0.1, 0.15) is 57.5 Å². The fourth-order valence-electron chi connectivity index (χ4n) is 4.30. The van der Waals surface area contributed by atoms with E-state index in [0.29, 0.717) is 28.5 Å². The molecule has 36 heavy (non-hydrogen) atoms. The van der Waals surface area contributed by atoms with E-state index in [4.69, 9.17) is 17.3 Å². The molecule has 188 valence electrons. The molecule has 2 heterocycles. The van der Waals surface area contributed by atoms with E-state index in [-0.39, 0.29) is 23.3 Å². The number of halogens is 1. The molecular formula is C26H29ClN6O3. The van der Waals surface area contributed by atoms with Gasteiger partial charge in [0.25, 0.3) is 17.7 Å². The number of benzene rings is 2. The molecule has 1 unspecified atom stereocenters. The van der Waals surface area contributed by atoms with Crippen LogP contribution >= 0.6 is 11.6 Å². The topological polar surface area (TPSA) is 122 Å². The normalized spacial score (nSPS) is 14.7. The smallest absolute Gasteiger partial charge is 0.270 e. The highest BCUT2D eigenvalue weighted by Crippen LogP contribution is 2.20. The van der Waals surface area contributed by atoms with Gasteiger partial charge >= 0.3 is 0 Å². The number of likely N-dealkylation sites (tertiary alicyclic amines) is 1. The van der Waals surface area contributed by atoms with E-state index >= 15 is 0 Å². The summed E-state index contributed by atoms with van der Waals surface area (Å²) in [4.78, 5) is 44.1. The maximum Gasteiger partial charge on any atom is 0.270 e. The van der Waals surface area contributed by atoms with Crippen molar-refractivity contribution in [1.82, 2.24) is 19.8 Å². The summed E-state index contributed by atoms with van der Waals surface area (Å²) < 4.78 is 1.51. The highest BCUT2D eigenvalue weighted by molar-refractivity contribution is 6.34. The fourth-order valence-corrected chi connectivity index (χ4v) is 4.52. The first-order valence-electron chi connectivity index (χ1n) is 11.9. The summed E-state index contributed by atoms with van der Waals surface area (Å²) in [6, 6.07) is 13.7. The second-order valence-electron chi connectivity index (χ2n) is 8.81. The number of imidazole rings is 1. The van der Waals surface area contributed by atoms with Crippen LogP contribution in [0, 0.1) is 0 Å². The third kappa shape index (κ3) is 5.75. The average Bonchev–Trinajstić information content (AvgIpc) is 3.34. The van der Waals surface area contributed by atoms with Gasteiger partial charge in [-0.15, -0.1) is 0 Å². The minimum Gasteiger partial charge on any atom is -0.364 e. The Kier molecular flexibility index (Phi) is 8.02. The third-order valence-corrected chi connectivity index (χ3v) is 6.64. The maximum absolute atomic E-state index is 13.1. The molecular weight excluding hydrogens is 480 g/mol. The summed E-state index contributed by atoms with van der Waals surface area (Å²) in [6.45, 7) is 4.55. The molecule has 2 aromatic carbocycles. The molecule has 1 aliphatic heterocycles. The molecule has 4 rings (SSSR count). The molecule has 1 fully saturated rings. The number of carbonyl (C=O) groups is 3. The molecule has 0 spiro atoms. The largest absolute Gasteiger partial charge is 0.364 e. The molecule has 9 nitrogen and oxygen atoms in total. The highest BCUT2D eigenvalue weighted by atomic mass is 35.5. The lowest BCUT2D eigenvalue weighted by Gasteiger charge is -2.32. The van der Waals surface area contributed by atoms with Crippen molar-refractivity contribution in [2.75, 3.05) is 25.0 Å². The number of aromatic nitrogens is 2. The van der Waals surface area contributed by atoms with Crippen molar-refractivity contribution in [1.29, 1.82) is 0 Å². The second kappa shape index (κ2) is 11.4. The second-order valence-corrected chi connectivity index (χ2v) is 9.22. The van der Waals surface area contributed by atoms with Crippen LogP contribution in [0.3, 0.4) is 0 Å². The minimum absolute atomic E-state index is 0.0706. The maximum atomic E-state index is 13.1. The summed E-state index contributed by atoms with van der Waals surface area (Å²) in [5.74, 6) is -1.55. The molecule has 1 aliphatic rings. The summed E-state index contributed by atoms with van der Waals surface area (Å²) in [6.07, 6.45) is 4.94. The Labute approximate surface area is 214 Å². The van der Waals surface area contributed by atoms with E-state index in [1.54, 1.807) is 48.5 Å². The van der Waals surface area contributed by atoms with Crippen LogP contribution in [0.5, 0.6) is 0 Å². The van der Waals surface area contributed by atoms with Crippen molar-refractivity contribution < 1.29 is 14.4 Å². The van der Waals surface area contributed by atoms with Crippen molar-refractivity contribution in [2.45, 2.75) is 32.2 Å². The predicted molar refractivity (Wildman–Crippen MR) is 139 cm³/mol. The molecule has 3 amide bonds. The average molecular weight is 509 g/mol. The van der Waals surface area contributed by atoms with Gasteiger partial charge in [-0.1, -0.05) is 30.2 Å². The van der Waals surface area contributed by atoms with Crippen LogP contribution in [0.15, 0.2) is 54.9 Å². The van der Waals surface area contributed by atoms with Gasteiger partial charge in [0, 0.05) is 24.0 Å². The Morgan fingerprint density at radius 2 is 1.72 bits per heavy atom. The number of nitrogens with one attached hydrogen (secondary N) is 2. The zero-order valence-electron chi connectivity index (χ0n) is 20.0. The Bertz CT molecular complexity index is 1250. The van der Waals surface area contributed by atoms with Gasteiger partial charge < -0.3 is 16.4 Å². The summed E-state index contributed by atoms with van der Waals surface area (Å²) in [5, 5.41) is 6.08. The molecule has 0 saturated carbocycles.